The summed E-state index contributed by atoms with van der Waals surface area (Å²) in [7, 11) is 0. The summed E-state index contributed by atoms with van der Waals surface area (Å²) >= 11 is 0. The molecule has 0 bridgehead atoms. The van der Waals surface area contributed by atoms with Gasteiger partial charge in [0.15, 0.2) is 0 Å². The zero-order valence-electron chi connectivity index (χ0n) is 16.3. The van der Waals surface area contributed by atoms with Gasteiger partial charge < -0.3 is 4.89 Å². The number of hydrogen-bond acceptors (Lipinski definition) is 7. The predicted molar refractivity (Wildman–Crippen MR) is 95.3 cm³/mol. The number of hydrogen-bond donors (Lipinski definition) is 1. The van der Waals surface area contributed by atoms with Gasteiger partial charge in [0, 0.05) is 0 Å². The molecule has 25 heavy (non-hydrogen) atoms. The van der Waals surface area contributed by atoms with Crippen molar-refractivity contribution in [2.75, 3.05) is 13.1 Å². The Morgan fingerprint density at radius 1 is 1.12 bits per heavy atom. The summed E-state index contributed by atoms with van der Waals surface area (Å²) < 4.78 is 0. The van der Waals surface area contributed by atoms with Crippen molar-refractivity contribution in [1.82, 2.24) is 0 Å². The first kappa shape index (κ1) is 25.3. The molecule has 0 aliphatic carbocycles. The largest absolute Gasteiger partial charge is 0.345 e. The van der Waals surface area contributed by atoms with E-state index >= 15 is 0 Å². The Hall–Kier alpha value is -1.99. The molecule has 3 atom stereocenters. The van der Waals surface area contributed by atoms with Crippen LogP contribution in [0.25, 0.3) is 0 Å². The van der Waals surface area contributed by atoms with Gasteiger partial charge in [0.2, 0.25) is 0 Å². The number of rotatable bonds is 8. The van der Waals surface area contributed by atoms with Crippen LogP contribution in [0.2, 0.25) is 0 Å². The fraction of sp³-hybridized carbons (Fsp3) is 0.833. The summed E-state index contributed by atoms with van der Waals surface area (Å²) in [5.41, 5.74) is -0.144. The van der Waals surface area contributed by atoms with Crippen molar-refractivity contribution in [2.45, 2.75) is 60.8 Å². The predicted octanol–water partition coefficient (Wildman–Crippen LogP) is 4.61. The van der Waals surface area contributed by atoms with Crippen molar-refractivity contribution in [3.05, 3.63) is 0 Å². The van der Waals surface area contributed by atoms with Gasteiger partial charge in [-0.1, -0.05) is 40.5 Å². The molecule has 7 nitrogen and oxygen atoms in total. The number of carbonyl (C=O) groups excluding carboxylic acids is 1. The Bertz CT molecular complexity index is 448. The Balaban J connectivity index is 0. The minimum Gasteiger partial charge on any atom is -0.301 e. The fourth-order valence-electron chi connectivity index (χ4n) is 1.82. The van der Waals surface area contributed by atoms with Gasteiger partial charge in [-0.05, 0) is 25.7 Å². The quantitative estimate of drug-likeness (QED) is 0.388. The number of unbranched alkanes of at least 4 members (excludes halogenated alkanes) is 1. The van der Waals surface area contributed by atoms with Crippen LogP contribution in [-0.2, 0) is 9.68 Å². The van der Waals surface area contributed by atoms with E-state index in [0.717, 1.165) is 19.3 Å². The van der Waals surface area contributed by atoms with E-state index < -0.39 is 5.97 Å². The molecule has 3 unspecified atom stereocenters. The van der Waals surface area contributed by atoms with E-state index in [1.807, 2.05) is 32.9 Å². The van der Waals surface area contributed by atoms with E-state index in [1.54, 1.807) is 13.8 Å². The molecule has 0 radical (unpaired) electrons. The van der Waals surface area contributed by atoms with E-state index in [0.29, 0.717) is 13.1 Å². The molecule has 0 aliphatic rings. The van der Waals surface area contributed by atoms with Gasteiger partial charge >= 0.3 is 5.97 Å². The lowest BCUT2D eigenvalue weighted by Crippen LogP contribution is -2.29. The second kappa shape index (κ2) is 14.4. The van der Waals surface area contributed by atoms with Crippen LogP contribution in [0.3, 0.4) is 0 Å². The smallest absolute Gasteiger partial charge is 0.301 e. The molecule has 0 amide bonds. The van der Waals surface area contributed by atoms with Gasteiger partial charge in [0.25, 0.3) is 0 Å². The van der Waals surface area contributed by atoms with E-state index in [9.17, 15) is 4.79 Å². The maximum atomic E-state index is 11.2. The van der Waals surface area contributed by atoms with Gasteiger partial charge in [-0.15, -0.1) is 0 Å². The summed E-state index contributed by atoms with van der Waals surface area (Å²) in [6, 6.07) is 4.10. The average molecular weight is 352 g/mol. The highest BCUT2D eigenvalue weighted by Crippen LogP contribution is 2.31. The van der Waals surface area contributed by atoms with Gasteiger partial charge in [-0.3, -0.25) is 0 Å². The van der Waals surface area contributed by atoms with Crippen molar-refractivity contribution in [2.24, 2.45) is 33.4 Å². The Morgan fingerprint density at radius 2 is 1.56 bits per heavy atom. The second-order valence-electron chi connectivity index (χ2n) is 7.18. The lowest BCUT2D eigenvalue weighted by atomic mass is 9.78. The lowest BCUT2D eigenvalue weighted by molar-refractivity contribution is -0.242. The van der Waals surface area contributed by atoms with E-state index in [2.05, 4.69) is 22.0 Å². The number of carbonyl (C=O) groups is 1. The highest BCUT2D eigenvalue weighted by Gasteiger charge is 2.32. The van der Waals surface area contributed by atoms with Crippen molar-refractivity contribution in [3.8, 4) is 12.1 Å². The summed E-state index contributed by atoms with van der Waals surface area (Å²) in [5.74, 6) is -0.907. The summed E-state index contributed by atoms with van der Waals surface area (Å²) in [6.07, 6.45) is 2.81. The Kier molecular flexibility index (Phi) is 14.5. The number of azo groups is 1. The molecule has 0 aliphatic heterocycles. The maximum Gasteiger partial charge on any atom is 0.345 e. The maximum absolute atomic E-state index is 11.2. The summed E-state index contributed by atoms with van der Waals surface area (Å²) in [6.45, 7) is 12.4. The topological polar surface area (TPSA) is 119 Å². The van der Waals surface area contributed by atoms with E-state index in [1.165, 1.54) is 0 Å². The van der Waals surface area contributed by atoms with Crippen LogP contribution in [0.5, 0.6) is 0 Å². The minimum absolute atomic E-state index is 0.0915. The molecule has 0 aromatic rings. The van der Waals surface area contributed by atoms with Gasteiger partial charge in [-0.25, -0.2) is 4.79 Å². The molecule has 0 rings (SSSR count). The highest BCUT2D eigenvalue weighted by atomic mass is 17.1. The first-order valence-electron chi connectivity index (χ1n) is 8.61. The third-order valence-corrected chi connectivity index (χ3v) is 3.52. The van der Waals surface area contributed by atoms with Crippen LogP contribution in [0, 0.1) is 45.8 Å². The third kappa shape index (κ3) is 14.1. The Morgan fingerprint density at radius 3 is 1.84 bits per heavy atom. The molecular weight excluding hydrogens is 320 g/mol. The van der Waals surface area contributed by atoms with Gasteiger partial charge in [0.1, 0.15) is 0 Å². The molecule has 0 aromatic heterocycles. The molecule has 0 spiro atoms. The molecule has 0 aromatic carbocycles. The molecule has 142 valence electrons. The molecule has 0 heterocycles. The highest BCUT2D eigenvalue weighted by molar-refractivity contribution is 5.72. The zero-order valence-corrected chi connectivity index (χ0v) is 16.3. The van der Waals surface area contributed by atoms with Crippen LogP contribution < -0.4 is 0 Å². The Labute approximate surface area is 151 Å². The minimum atomic E-state index is -0.513. The van der Waals surface area contributed by atoms with Crippen LogP contribution in [0.15, 0.2) is 10.2 Å². The van der Waals surface area contributed by atoms with Crippen molar-refractivity contribution in [3.63, 3.8) is 0 Å². The van der Waals surface area contributed by atoms with Crippen LogP contribution in [0.4, 0.5) is 0 Å². The summed E-state index contributed by atoms with van der Waals surface area (Å²) in [4.78, 5) is 15.0. The lowest BCUT2D eigenvalue weighted by Gasteiger charge is -2.27. The first-order chi connectivity index (χ1) is 11.6. The normalized spacial score (nSPS) is 14.4. The molecule has 7 heteroatoms. The van der Waals surface area contributed by atoms with E-state index in [4.69, 9.17) is 15.8 Å². The molecule has 0 saturated carbocycles. The zero-order chi connectivity index (χ0) is 19.9. The summed E-state index contributed by atoms with van der Waals surface area (Å²) in [5, 5.41) is 32.7. The average Bonchev–Trinajstić information content (AvgIpc) is 2.57. The monoisotopic (exact) mass is 352 g/mol. The van der Waals surface area contributed by atoms with Crippen LogP contribution >= 0.6 is 0 Å². The fourth-order valence-corrected chi connectivity index (χ4v) is 1.82. The molecule has 1 N–H and O–H groups in total. The molecular formula is C18H32N4O3. The van der Waals surface area contributed by atoms with Gasteiger partial charge in [0.05, 0.1) is 43.0 Å². The van der Waals surface area contributed by atoms with Crippen molar-refractivity contribution >= 4 is 5.97 Å². The number of nitriles is 2. The third-order valence-electron chi connectivity index (χ3n) is 3.52. The molecule has 0 saturated heterocycles. The van der Waals surface area contributed by atoms with Crippen LogP contribution in [-0.4, -0.2) is 24.3 Å². The van der Waals surface area contributed by atoms with Gasteiger partial charge in [-0.2, -0.15) is 26.0 Å². The van der Waals surface area contributed by atoms with Crippen LogP contribution in [0.1, 0.15) is 60.8 Å². The van der Waals surface area contributed by atoms with Crippen molar-refractivity contribution < 1.29 is 14.9 Å². The standard InChI is InChI=1S/C10H20O3.C8H12N4/c1-5-6-7-8(9(11)13-12)10(2,3)4;1-7(3-9)5-11-12-6-8(2)4-10/h8,12H,5-7H2,1-4H3;7-8H,5-6H2,1-2H3. The second-order valence-corrected chi connectivity index (χ2v) is 7.18. The first-order valence-corrected chi connectivity index (χ1v) is 8.61. The van der Waals surface area contributed by atoms with Crippen molar-refractivity contribution in [1.29, 1.82) is 10.5 Å². The van der Waals surface area contributed by atoms with E-state index in [-0.39, 0.29) is 23.2 Å². The number of nitrogens with zero attached hydrogens (tertiary/aromatic N) is 4. The molecule has 0 fully saturated rings. The SMILES string of the molecule is CC(C#N)CN=NCC(C)C#N.CCCCC(C(=O)OO)C(C)(C)C.